The van der Waals surface area contributed by atoms with Crippen LogP contribution in [0.1, 0.15) is 17.5 Å². The molecule has 92 valence electrons. The fourth-order valence-electron chi connectivity index (χ4n) is 1.42. The molecular formula is C14H18O3. The van der Waals surface area contributed by atoms with Gasteiger partial charge in [0.15, 0.2) is 0 Å². The molecule has 3 nitrogen and oxygen atoms in total. The van der Waals surface area contributed by atoms with E-state index < -0.39 is 0 Å². The second-order valence-corrected chi connectivity index (χ2v) is 3.63. The van der Waals surface area contributed by atoms with Gasteiger partial charge in [-0.05, 0) is 30.7 Å². The number of methoxy groups -OCH3 is 1. The topological polar surface area (TPSA) is 38.7 Å². The van der Waals surface area contributed by atoms with Gasteiger partial charge >= 0.3 is 0 Å². The quantitative estimate of drug-likeness (QED) is 0.623. The maximum absolute atomic E-state index is 8.61. The van der Waals surface area contributed by atoms with E-state index in [-0.39, 0.29) is 6.61 Å². The molecule has 0 spiro atoms. The van der Waals surface area contributed by atoms with Crippen LogP contribution in [-0.2, 0) is 4.74 Å². The SMILES string of the molecule is COCCCOc1ccc(C#CCO)cc1C. The zero-order chi connectivity index (χ0) is 12.5. The molecule has 0 heterocycles. The highest BCUT2D eigenvalue weighted by molar-refractivity contribution is 5.43. The van der Waals surface area contributed by atoms with Gasteiger partial charge in [0.1, 0.15) is 12.4 Å². The third kappa shape index (κ3) is 4.90. The van der Waals surface area contributed by atoms with Gasteiger partial charge in [-0.3, -0.25) is 0 Å². The number of aryl methyl sites for hydroxylation is 1. The van der Waals surface area contributed by atoms with E-state index in [2.05, 4.69) is 11.8 Å². The van der Waals surface area contributed by atoms with E-state index in [0.717, 1.165) is 23.3 Å². The Morgan fingerprint density at radius 1 is 1.29 bits per heavy atom. The summed E-state index contributed by atoms with van der Waals surface area (Å²) in [6, 6.07) is 5.75. The maximum Gasteiger partial charge on any atom is 0.122 e. The predicted octanol–water partition coefficient (Wildman–Crippen LogP) is 1.75. The minimum absolute atomic E-state index is 0.117. The molecule has 0 unspecified atom stereocenters. The van der Waals surface area contributed by atoms with Gasteiger partial charge in [0.2, 0.25) is 0 Å². The first-order valence-electron chi connectivity index (χ1n) is 5.60. The van der Waals surface area contributed by atoms with Gasteiger partial charge in [-0.2, -0.15) is 0 Å². The van der Waals surface area contributed by atoms with E-state index in [4.69, 9.17) is 14.6 Å². The number of aliphatic hydroxyl groups excluding tert-OH is 1. The molecule has 0 amide bonds. The summed E-state index contributed by atoms with van der Waals surface area (Å²) >= 11 is 0. The van der Waals surface area contributed by atoms with Crippen molar-refractivity contribution in [3.63, 3.8) is 0 Å². The lowest BCUT2D eigenvalue weighted by atomic mass is 10.1. The molecule has 0 bridgehead atoms. The number of rotatable bonds is 5. The highest BCUT2D eigenvalue weighted by Gasteiger charge is 1.99. The predicted molar refractivity (Wildman–Crippen MR) is 67.1 cm³/mol. The van der Waals surface area contributed by atoms with Gasteiger partial charge in [-0.1, -0.05) is 11.8 Å². The van der Waals surface area contributed by atoms with Gasteiger partial charge in [-0.25, -0.2) is 0 Å². The summed E-state index contributed by atoms with van der Waals surface area (Å²) in [7, 11) is 1.68. The van der Waals surface area contributed by atoms with Crippen molar-refractivity contribution in [2.45, 2.75) is 13.3 Å². The van der Waals surface area contributed by atoms with Crippen LogP contribution in [0, 0.1) is 18.8 Å². The third-order valence-corrected chi connectivity index (χ3v) is 2.24. The first kappa shape index (κ1) is 13.6. The van der Waals surface area contributed by atoms with Gasteiger partial charge in [0.25, 0.3) is 0 Å². The lowest BCUT2D eigenvalue weighted by molar-refractivity contribution is 0.172. The smallest absolute Gasteiger partial charge is 0.122 e. The lowest BCUT2D eigenvalue weighted by Gasteiger charge is -2.08. The molecule has 1 aromatic rings. The van der Waals surface area contributed by atoms with E-state index in [1.165, 1.54) is 0 Å². The molecule has 17 heavy (non-hydrogen) atoms. The number of aliphatic hydroxyl groups is 1. The minimum Gasteiger partial charge on any atom is -0.493 e. The van der Waals surface area contributed by atoms with Gasteiger partial charge in [0.05, 0.1) is 6.61 Å². The summed E-state index contributed by atoms with van der Waals surface area (Å²) in [5, 5.41) is 8.61. The van der Waals surface area contributed by atoms with Crippen molar-refractivity contribution in [3.05, 3.63) is 29.3 Å². The van der Waals surface area contributed by atoms with Crippen molar-refractivity contribution in [1.29, 1.82) is 0 Å². The average molecular weight is 234 g/mol. The highest BCUT2D eigenvalue weighted by Crippen LogP contribution is 2.18. The van der Waals surface area contributed by atoms with Gasteiger partial charge < -0.3 is 14.6 Å². The summed E-state index contributed by atoms with van der Waals surface area (Å²) in [5.74, 6) is 6.35. The van der Waals surface area contributed by atoms with Crippen LogP contribution in [0.4, 0.5) is 0 Å². The molecule has 0 saturated carbocycles. The molecule has 3 heteroatoms. The van der Waals surface area contributed by atoms with Crippen LogP contribution in [0.3, 0.4) is 0 Å². The highest BCUT2D eigenvalue weighted by atomic mass is 16.5. The first-order chi connectivity index (χ1) is 8.27. The van der Waals surface area contributed by atoms with E-state index >= 15 is 0 Å². The van der Waals surface area contributed by atoms with Crippen molar-refractivity contribution >= 4 is 0 Å². The van der Waals surface area contributed by atoms with E-state index in [0.29, 0.717) is 13.2 Å². The average Bonchev–Trinajstić information content (AvgIpc) is 2.34. The van der Waals surface area contributed by atoms with Gasteiger partial charge in [0, 0.05) is 25.7 Å². The van der Waals surface area contributed by atoms with Crippen LogP contribution in [0.15, 0.2) is 18.2 Å². The fourth-order valence-corrected chi connectivity index (χ4v) is 1.42. The summed E-state index contributed by atoms with van der Waals surface area (Å²) < 4.78 is 10.6. The number of hydrogen-bond donors (Lipinski definition) is 1. The van der Waals surface area contributed by atoms with E-state index in [1.807, 2.05) is 25.1 Å². The number of benzene rings is 1. The number of hydrogen-bond acceptors (Lipinski definition) is 3. The van der Waals surface area contributed by atoms with Crippen LogP contribution in [0.2, 0.25) is 0 Å². The maximum atomic E-state index is 8.61. The molecule has 0 aliphatic carbocycles. The summed E-state index contributed by atoms with van der Waals surface area (Å²) in [6.07, 6.45) is 0.877. The largest absolute Gasteiger partial charge is 0.493 e. The Balaban J connectivity index is 2.57. The van der Waals surface area contributed by atoms with Crippen LogP contribution in [0.5, 0.6) is 5.75 Å². The van der Waals surface area contributed by atoms with Crippen molar-refractivity contribution in [2.75, 3.05) is 26.9 Å². The second kappa shape index (κ2) is 7.72. The fraction of sp³-hybridized carbons (Fsp3) is 0.429. The molecule has 0 aliphatic heterocycles. The molecule has 0 atom stereocenters. The normalized spacial score (nSPS) is 9.59. The van der Waals surface area contributed by atoms with Crippen molar-refractivity contribution in [1.82, 2.24) is 0 Å². The van der Waals surface area contributed by atoms with Crippen LogP contribution in [-0.4, -0.2) is 32.0 Å². The van der Waals surface area contributed by atoms with Crippen molar-refractivity contribution in [2.24, 2.45) is 0 Å². The summed E-state index contributed by atoms with van der Waals surface area (Å²) in [6.45, 7) is 3.22. The summed E-state index contributed by atoms with van der Waals surface area (Å²) in [5.41, 5.74) is 1.94. The molecule has 1 rings (SSSR count). The van der Waals surface area contributed by atoms with E-state index in [9.17, 15) is 0 Å². The number of ether oxygens (including phenoxy) is 2. The Labute approximate surface area is 102 Å². The molecule has 0 radical (unpaired) electrons. The Hall–Kier alpha value is -1.50. The van der Waals surface area contributed by atoms with Gasteiger partial charge in [-0.15, -0.1) is 0 Å². The summed E-state index contributed by atoms with van der Waals surface area (Å²) in [4.78, 5) is 0. The standard InChI is InChI=1S/C14H18O3/c1-12-11-13(5-3-8-15)6-7-14(12)17-10-4-9-16-2/h6-7,11,15H,4,8-10H2,1-2H3. The monoisotopic (exact) mass is 234 g/mol. The van der Waals surface area contributed by atoms with Crippen molar-refractivity contribution in [3.8, 4) is 17.6 Å². The molecule has 0 fully saturated rings. The second-order valence-electron chi connectivity index (χ2n) is 3.63. The molecular weight excluding hydrogens is 216 g/mol. The molecule has 0 aromatic heterocycles. The third-order valence-electron chi connectivity index (χ3n) is 2.24. The first-order valence-corrected chi connectivity index (χ1v) is 5.60. The van der Waals surface area contributed by atoms with Crippen molar-refractivity contribution < 1.29 is 14.6 Å². The molecule has 1 aromatic carbocycles. The molecule has 1 N–H and O–H groups in total. The lowest BCUT2D eigenvalue weighted by Crippen LogP contribution is -2.02. The Kier molecular flexibility index (Phi) is 6.16. The van der Waals surface area contributed by atoms with E-state index in [1.54, 1.807) is 7.11 Å². The van der Waals surface area contributed by atoms with Crippen LogP contribution < -0.4 is 4.74 Å². The van der Waals surface area contributed by atoms with Crippen LogP contribution >= 0.6 is 0 Å². The Bertz CT molecular complexity index is 402. The zero-order valence-electron chi connectivity index (χ0n) is 10.3. The minimum atomic E-state index is -0.117. The Morgan fingerprint density at radius 3 is 2.76 bits per heavy atom. The zero-order valence-corrected chi connectivity index (χ0v) is 10.3. The molecule has 0 aliphatic rings. The van der Waals surface area contributed by atoms with Crippen LogP contribution in [0.25, 0.3) is 0 Å². The molecule has 0 saturated heterocycles. The Morgan fingerprint density at radius 2 is 2.12 bits per heavy atom.